The molecule has 1 aliphatic carbocycles. The number of nitrogens with two attached hydrogens (primary N) is 1. The first-order valence-corrected chi connectivity index (χ1v) is 6.15. The summed E-state index contributed by atoms with van der Waals surface area (Å²) in [6.07, 6.45) is 6.22. The average Bonchev–Trinajstić information content (AvgIpc) is 2.39. The monoisotopic (exact) mass is 250 g/mol. The molecule has 1 aromatic rings. The Kier molecular flexibility index (Phi) is 3.76. The minimum absolute atomic E-state index is 0.160. The van der Waals surface area contributed by atoms with Crippen molar-refractivity contribution < 1.29 is 4.79 Å². The fraction of sp³-hybridized carbons (Fsp3) is 0.583. The van der Waals surface area contributed by atoms with Gasteiger partial charge in [-0.15, -0.1) is 0 Å². The van der Waals surface area contributed by atoms with Crippen LogP contribution in [-0.2, 0) is 0 Å². The maximum atomic E-state index is 12.1. The van der Waals surface area contributed by atoms with Gasteiger partial charge in [-0.3, -0.25) is 9.59 Å². The van der Waals surface area contributed by atoms with E-state index in [4.69, 9.17) is 5.73 Å². The molecule has 1 heterocycles. The van der Waals surface area contributed by atoms with Gasteiger partial charge in [-0.1, -0.05) is 0 Å². The van der Waals surface area contributed by atoms with Gasteiger partial charge in [-0.25, -0.2) is 4.98 Å². The Morgan fingerprint density at radius 1 is 1.44 bits per heavy atom. The number of amides is 1. The quantitative estimate of drug-likeness (QED) is 0.779. The maximum absolute atomic E-state index is 12.1. The lowest BCUT2D eigenvalue weighted by Crippen LogP contribution is -2.42. The number of aromatic nitrogens is 2. The Bertz CT molecular complexity index is 457. The van der Waals surface area contributed by atoms with Crippen LogP contribution in [0.2, 0.25) is 0 Å². The van der Waals surface area contributed by atoms with E-state index in [1.807, 2.05) is 0 Å². The third kappa shape index (κ3) is 2.76. The summed E-state index contributed by atoms with van der Waals surface area (Å²) in [5.74, 6) is -0.160. The van der Waals surface area contributed by atoms with Crippen LogP contribution in [0.4, 0.5) is 0 Å². The van der Waals surface area contributed by atoms with Gasteiger partial charge in [0.2, 0.25) is 0 Å². The summed E-state index contributed by atoms with van der Waals surface area (Å²) in [6, 6.07) is 0.474. The van der Waals surface area contributed by atoms with E-state index in [0.717, 1.165) is 31.9 Å². The van der Waals surface area contributed by atoms with Gasteiger partial charge in [0.25, 0.3) is 11.5 Å². The van der Waals surface area contributed by atoms with E-state index in [-0.39, 0.29) is 29.2 Å². The van der Waals surface area contributed by atoms with Crippen molar-refractivity contribution in [2.45, 2.75) is 37.8 Å². The van der Waals surface area contributed by atoms with Crippen LogP contribution in [0.3, 0.4) is 0 Å². The molecule has 1 aliphatic rings. The summed E-state index contributed by atoms with van der Waals surface area (Å²) >= 11 is 0. The van der Waals surface area contributed by atoms with Crippen LogP contribution in [0.1, 0.15) is 36.2 Å². The van der Waals surface area contributed by atoms with E-state index in [1.165, 1.54) is 6.20 Å². The Morgan fingerprint density at radius 3 is 2.67 bits per heavy atom. The van der Waals surface area contributed by atoms with Crippen LogP contribution < -0.4 is 11.3 Å². The van der Waals surface area contributed by atoms with Gasteiger partial charge < -0.3 is 15.6 Å². The Balaban J connectivity index is 2.04. The van der Waals surface area contributed by atoms with Crippen LogP contribution in [0.25, 0.3) is 0 Å². The molecule has 1 amide bonds. The maximum Gasteiger partial charge on any atom is 0.273 e. The first-order valence-electron chi connectivity index (χ1n) is 6.15. The molecule has 6 heteroatoms. The zero-order valence-electron chi connectivity index (χ0n) is 10.4. The largest absolute Gasteiger partial charge is 0.337 e. The van der Waals surface area contributed by atoms with Gasteiger partial charge in [-0.05, 0) is 25.7 Å². The molecule has 0 unspecified atom stereocenters. The number of aromatic amines is 1. The van der Waals surface area contributed by atoms with Crippen LogP contribution in [0.15, 0.2) is 17.2 Å². The Hall–Kier alpha value is -1.69. The third-order valence-electron chi connectivity index (χ3n) is 3.50. The van der Waals surface area contributed by atoms with Crippen LogP contribution in [-0.4, -0.2) is 39.9 Å². The second-order valence-electron chi connectivity index (χ2n) is 4.78. The Morgan fingerprint density at radius 2 is 2.11 bits per heavy atom. The van der Waals surface area contributed by atoms with Crippen molar-refractivity contribution in [2.75, 3.05) is 7.05 Å². The lowest BCUT2D eigenvalue weighted by atomic mass is 9.91. The molecule has 2 rings (SSSR count). The lowest BCUT2D eigenvalue weighted by Gasteiger charge is -2.33. The summed E-state index contributed by atoms with van der Waals surface area (Å²) in [6.45, 7) is 0. The van der Waals surface area contributed by atoms with E-state index in [2.05, 4.69) is 9.97 Å². The molecule has 0 aromatic carbocycles. The molecule has 18 heavy (non-hydrogen) atoms. The lowest BCUT2D eigenvalue weighted by molar-refractivity contribution is 0.0683. The van der Waals surface area contributed by atoms with Crippen molar-refractivity contribution in [3.8, 4) is 0 Å². The van der Waals surface area contributed by atoms with E-state index in [1.54, 1.807) is 11.9 Å². The zero-order valence-corrected chi connectivity index (χ0v) is 10.4. The second-order valence-corrected chi connectivity index (χ2v) is 4.78. The molecular formula is C12H18N4O2. The van der Waals surface area contributed by atoms with E-state index >= 15 is 0 Å². The topological polar surface area (TPSA) is 92.1 Å². The van der Waals surface area contributed by atoms with Gasteiger partial charge in [0.05, 0.1) is 6.20 Å². The van der Waals surface area contributed by atoms with Gasteiger partial charge in [0.15, 0.2) is 0 Å². The van der Waals surface area contributed by atoms with Gasteiger partial charge in [0, 0.05) is 25.3 Å². The summed E-state index contributed by atoms with van der Waals surface area (Å²) in [4.78, 5) is 31.1. The number of H-pyrrole nitrogens is 1. The van der Waals surface area contributed by atoms with Gasteiger partial charge >= 0.3 is 0 Å². The normalized spacial score (nSPS) is 23.7. The molecule has 1 saturated carbocycles. The van der Waals surface area contributed by atoms with Crippen molar-refractivity contribution in [1.82, 2.24) is 14.9 Å². The predicted molar refractivity (Wildman–Crippen MR) is 67.2 cm³/mol. The number of hydrogen-bond acceptors (Lipinski definition) is 4. The molecule has 0 saturated heterocycles. The molecule has 0 radical (unpaired) electrons. The van der Waals surface area contributed by atoms with Crippen LogP contribution in [0.5, 0.6) is 0 Å². The minimum Gasteiger partial charge on any atom is -0.337 e. The number of hydrogen-bond donors (Lipinski definition) is 2. The van der Waals surface area contributed by atoms with Crippen molar-refractivity contribution in [3.05, 3.63) is 28.4 Å². The SMILES string of the molecule is CN(C(=O)c1c[nH]c(=O)cn1)C1CCC(N)CC1. The number of carbonyl (C=O) groups excluding carboxylic acids is 1. The molecular weight excluding hydrogens is 232 g/mol. The molecule has 0 atom stereocenters. The molecule has 1 aromatic heterocycles. The molecule has 98 valence electrons. The molecule has 0 bridgehead atoms. The first kappa shape index (κ1) is 12.8. The first-order chi connectivity index (χ1) is 8.58. The highest BCUT2D eigenvalue weighted by Crippen LogP contribution is 2.21. The number of carbonyl (C=O) groups is 1. The van der Waals surface area contributed by atoms with Crippen LogP contribution >= 0.6 is 0 Å². The summed E-state index contributed by atoms with van der Waals surface area (Å²) in [5.41, 5.74) is 5.81. The number of nitrogens with one attached hydrogen (secondary N) is 1. The van der Waals surface area contributed by atoms with Crippen molar-refractivity contribution in [1.29, 1.82) is 0 Å². The molecule has 6 nitrogen and oxygen atoms in total. The van der Waals surface area contributed by atoms with Crippen molar-refractivity contribution in [2.24, 2.45) is 5.73 Å². The molecule has 1 fully saturated rings. The number of rotatable bonds is 2. The highest BCUT2D eigenvalue weighted by Gasteiger charge is 2.26. The predicted octanol–water partition coefficient (Wildman–Crippen LogP) is 0.112. The molecule has 0 aliphatic heterocycles. The van der Waals surface area contributed by atoms with Crippen LogP contribution in [0, 0.1) is 0 Å². The van der Waals surface area contributed by atoms with Gasteiger partial charge in [0.1, 0.15) is 5.69 Å². The fourth-order valence-corrected chi connectivity index (χ4v) is 2.29. The highest BCUT2D eigenvalue weighted by molar-refractivity contribution is 5.91. The Labute approximate surface area is 105 Å². The minimum atomic E-state index is -0.308. The molecule has 0 spiro atoms. The van der Waals surface area contributed by atoms with E-state index < -0.39 is 0 Å². The highest BCUT2D eigenvalue weighted by atomic mass is 16.2. The fourth-order valence-electron chi connectivity index (χ4n) is 2.29. The zero-order chi connectivity index (χ0) is 13.1. The smallest absolute Gasteiger partial charge is 0.273 e. The van der Waals surface area contributed by atoms with Crippen molar-refractivity contribution in [3.63, 3.8) is 0 Å². The van der Waals surface area contributed by atoms with Crippen molar-refractivity contribution >= 4 is 5.91 Å². The third-order valence-corrected chi connectivity index (χ3v) is 3.50. The number of nitrogens with zero attached hydrogens (tertiary/aromatic N) is 2. The average molecular weight is 250 g/mol. The van der Waals surface area contributed by atoms with E-state index in [9.17, 15) is 9.59 Å². The summed E-state index contributed by atoms with van der Waals surface area (Å²) < 4.78 is 0. The van der Waals surface area contributed by atoms with E-state index in [0.29, 0.717) is 0 Å². The summed E-state index contributed by atoms with van der Waals surface area (Å²) in [5, 5.41) is 0. The molecule has 3 N–H and O–H groups in total. The van der Waals surface area contributed by atoms with Gasteiger partial charge in [-0.2, -0.15) is 0 Å². The second kappa shape index (κ2) is 5.30. The standard InChI is InChI=1S/C12H18N4O2/c1-16(9-4-2-8(13)3-5-9)12(18)10-6-15-11(17)7-14-10/h6-9H,2-5,13H2,1H3,(H,15,17). The summed E-state index contributed by atoms with van der Waals surface area (Å²) in [7, 11) is 1.77.